The van der Waals surface area contributed by atoms with E-state index in [2.05, 4.69) is 22.1 Å². The summed E-state index contributed by atoms with van der Waals surface area (Å²) in [5.41, 5.74) is 1.14. The molecule has 0 fully saturated rings. The van der Waals surface area contributed by atoms with E-state index in [0.717, 1.165) is 5.56 Å². The molecule has 3 N–H and O–H groups in total. The number of rotatable bonds is 5. The molecule has 0 aliphatic rings. The van der Waals surface area contributed by atoms with Gasteiger partial charge in [0.05, 0.1) is 0 Å². The topological polar surface area (TPSA) is 108 Å². The molecule has 1 amide bonds. The van der Waals surface area contributed by atoms with Gasteiger partial charge in [0.1, 0.15) is 12.2 Å². The lowest BCUT2D eigenvalue weighted by Gasteiger charge is -2.05. The normalized spacial score (nSPS) is 10.1. The van der Waals surface area contributed by atoms with Crippen LogP contribution in [-0.4, -0.2) is 28.7 Å². The Kier molecular flexibility index (Phi) is 6.28. The Hall–Kier alpha value is -4.05. The Balaban J connectivity index is 1.54. The second-order valence-electron chi connectivity index (χ2n) is 6.14. The summed E-state index contributed by atoms with van der Waals surface area (Å²) in [6.07, 6.45) is 1.05. The van der Waals surface area contributed by atoms with E-state index in [9.17, 15) is 14.4 Å². The van der Waals surface area contributed by atoms with Crippen LogP contribution in [0.4, 0.5) is 4.79 Å². The van der Waals surface area contributed by atoms with E-state index in [-0.39, 0.29) is 17.6 Å². The number of hydrogen-bond donors (Lipinski definition) is 3. The molecule has 0 unspecified atom stereocenters. The molecule has 0 atom stereocenters. The number of carbonyl (C=O) groups is 2. The van der Waals surface area contributed by atoms with Crippen molar-refractivity contribution < 1.29 is 19.4 Å². The first-order chi connectivity index (χ1) is 14.0. The maximum Gasteiger partial charge on any atom is 0.407 e. The van der Waals surface area contributed by atoms with Crippen molar-refractivity contribution in [3.63, 3.8) is 0 Å². The summed E-state index contributed by atoms with van der Waals surface area (Å²) in [7, 11) is 0. The Bertz CT molecular complexity index is 1160. The number of carboxylic acid groups (broad SMARTS) is 1. The van der Waals surface area contributed by atoms with Crippen LogP contribution in [0.2, 0.25) is 0 Å². The maximum atomic E-state index is 12.2. The van der Waals surface area contributed by atoms with Crippen molar-refractivity contribution in [1.82, 2.24) is 10.3 Å². The smallest absolute Gasteiger partial charge is 0.407 e. The third kappa shape index (κ3) is 5.23. The molecule has 7 heteroatoms. The number of fused-ring (bicyclic) bond motifs is 1. The minimum atomic E-state index is -1.28. The van der Waals surface area contributed by atoms with Gasteiger partial charge in [0.2, 0.25) is 5.43 Å². The molecule has 0 spiro atoms. The number of carboxylic acids is 1. The molecule has 1 aromatic heterocycles. The number of pyridine rings is 1. The Morgan fingerprint density at radius 3 is 2.69 bits per heavy atom. The zero-order valence-electron chi connectivity index (χ0n) is 15.4. The standard InChI is InChI=1S/C22H18N2O5/c25-20-17-12-15(9-10-19(17)24-13-18(20)21(26)27)6-4-5-11-23-22(28)29-14-16-7-2-1-3-8-16/h1-3,7-10,12-13H,5,11,14H2,(H,23,28)(H,24,25)(H,26,27). The van der Waals surface area contributed by atoms with E-state index in [1.165, 1.54) is 6.20 Å². The van der Waals surface area contributed by atoms with Gasteiger partial charge in [-0.3, -0.25) is 4.79 Å². The van der Waals surface area contributed by atoms with Crippen LogP contribution >= 0.6 is 0 Å². The molecule has 29 heavy (non-hydrogen) atoms. The van der Waals surface area contributed by atoms with Gasteiger partial charge in [0, 0.05) is 35.6 Å². The van der Waals surface area contributed by atoms with Crippen molar-refractivity contribution in [3.05, 3.63) is 81.6 Å². The SMILES string of the molecule is O=C(NCCC#Cc1ccc2[nH]cc(C(=O)O)c(=O)c2c1)OCc1ccccc1. The van der Waals surface area contributed by atoms with Crippen LogP contribution < -0.4 is 10.7 Å². The molecule has 0 radical (unpaired) electrons. The predicted molar refractivity (Wildman–Crippen MR) is 108 cm³/mol. The van der Waals surface area contributed by atoms with Crippen LogP contribution in [0.25, 0.3) is 10.9 Å². The number of benzene rings is 2. The second kappa shape index (κ2) is 9.24. The molecule has 0 bridgehead atoms. The summed E-state index contributed by atoms with van der Waals surface area (Å²) >= 11 is 0. The number of alkyl carbamates (subject to hydrolysis) is 1. The average molecular weight is 390 g/mol. The highest BCUT2D eigenvalue weighted by Crippen LogP contribution is 2.10. The highest BCUT2D eigenvalue weighted by molar-refractivity contribution is 5.92. The second-order valence-corrected chi connectivity index (χ2v) is 6.14. The quantitative estimate of drug-likeness (QED) is 0.459. The molecule has 7 nitrogen and oxygen atoms in total. The molecule has 0 saturated heterocycles. The van der Waals surface area contributed by atoms with Gasteiger partial charge in [-0.25, -0.2) is 9.59 Å². The molecular formula is C22H18N2O5. The summed E-state index contributed by atoms with van der Waals surface area (Å²) in [6, 6.07) is 14.3. The fraction of sp³-hybridized carbons (Fsp3) is 0.136. The highest BCUT2D eigenvalue weighted by atomic mass is 16.5. The van der Waals surface area contributed by atoms with Gasteiger partial charge in [0.25, 0.3) is 0 Å². The Morgan fingerprint density at radius 1 is 1.14 bits per heavy atom. The lowest BCUT2D eigenvalue weighted by Crippen LogP contribution is -2.24. The summed E-state index contributed by atoms with van der Waals surface area (Å²) in [5, 5.41) is 11.9. The van der Waals surface area contributed by atoms with Crippen LogP contribution in [0.15, 0.2) is 59.5 Å². The van der Waals surface area contributed by atoms with Gasteiger partial charge in [-0.2, -0.15) is 0 Å². The third-order valence-corrected chi connectivity index (χ3v) is 4.08. The van der Waals surface area contributed by atoms with Gasteiger partial charge in [-0.05, 0) is 23.8 Å². The number of aromatic carboxylic acids is 1. The first kappa shape index (κ1) is 19.7. The fourth-order valence-corrected chi connectivity index (χ4v) is 2.62. The minimum Gasteiger partial charge on any atom is -0.477 e. The van der Waals surface area contributed by atoms with Crippen LogP contribution in [-0.2, 0) is 11.3 Å². The Labute approximate surface area is 166 Å². The van der Waals surface area contributed by atoms with E-state index in [1.807, 2.05) is 30.3 Å². The lowest BCUT2D eigenvalue weighted by molar-refractivity contribution is 0.0695. The van der Waals surface area contributed by atoms with Crippen molar-refractivity contribution >= 4 is 23.0 Å². The molecule has 0 saturated carbocycles. The van der Waals surface area contributed by atoms with Crippen LogP contribution in [0.1, 0.15) is 27.9 Å². The largest absolute Gasteiger partial charge is 0.477 e. The first-order valence-electron chi connectivity index (χ1n) is 8.87. The number of amides is 1. The number of aromatic amines is 1. The van der Waals surface area contributed by atoms with Crippen molar-refractivity contribution in [1.29, 1.82) is 0 Å². The minimum absolute atomic E-state index is 0.197. The van der Waals surface area contributed by atoms with E-state index in [4.69, 9.17) is 9.84 Å². The van der Waals surface area contributed by atoms with E-state index >= 15 is 0 Å². The van der Waals surface area contributed by atoms with Gasteiger partial charge >= 0.3 is 12.1 Å². The zero-order chi connectivity index (χ0) is 20.6. The molecule has 0 aliphatic heterocycles. The van der Waals surface area contributed by atoms with Gasteiger partial charge in [-0.15, -0.1) is 0 Å². The van der Waals surface area contributed by atoms with Crippen LogP contribution in [0.3, 0.4) is 0 Å². The van der Waals surface area contributed by atoms with Gasteiger partial charge < -0.3 is 20.1 Å². The average Bonchev–Trinajstić information content (AvgIpc) is 2.73. The van der Waals surface area contributed by atoms with Crippen molar-refractivity contribution in [2.75, 3.05) is 6.54 Å². The monoisotopic (exact) mass is 390 g/mol. The molecule has 3 rings (SSSR count). The number of carbonyl (C=O) groups excluding carboxylic acids is 1. The van der Waals surface area contributed by atoms with Gasteiger partial charge in [-0.1, -0.05) is 42.2 Å². The predicted octanol–water partition coefficient (Wildman–Crippen LogP) is 2.89. The highest BCUT2D eigenvalue weighted by Gasteiger charge is 2.11. The molecule has 146 valence electrons. The molecule has 2 aromatic carbocycles. The number of hydrogen-bond acceptors (Lipinski definition) is 4. The number of aromatic nitrogens is 1. The lowest BCUT2D eigenvalue weighted by atomic mass is 10.1. The molecule has 3 aromatic rings. The molecule has 1 heterocycles. The van der Waals surface area contributed by atoms with Crippen LogP contribution in [0, 0.1) is 11.8 Å². The van der Waals surface area contributed by atoms with E-state index in [1.54, 1.807) is 18.2 Å². The summed E-state index contributed by atoms with van der Waals surface area (Å²) < 4.78 is 5.10. The molecular weight excluding hydrogens is 372 g/mol. The van der Waals surface area contributed by atoms with Crippen molar-refractivity contribution in [2.24, 2.45) is 0 Å². The number of nitrogens with one attached hydrogen (secondary N) is 2. The van der Waals surface area contributed by atoms with E-state index < -0.39 is 17.5 Å². The third-order valence-electron chi connectivity index (χ3n) is 4.08. The van der Waals surface area contributed by atoms with Crippen molar-refractivity contribution in [3.8, 4) is 11.8 Å². The Morgan fingerprint density at radius 2 is 1.93 bits per heavy atom. The number of H-pyrrole nitrogens is 1. The molecule has 0 aliphatic carbocycles. The number of ether oxygens (including phenoxy) is 1. The summed E-state index contributed by atoms with van der Waals surface area (Å²) in [6.45, 7) is 0.514. The summed E-state index contributed by atoms with van der Waals surface area (Å²) in [4.78, 5) is 37.8. The first-order valence-corrected chi connectivity index (χ1v) is 8.87. The van der Waals surface area contributed by atoms with Crippen molar-refractivity contribution in [2.45, 2.75) is 13.0 Å². The van der Waals surface area contributed by atoms with E-state index in [0.29, 0.717) is 24.0 Å². The fourth-order valence-electron chi connectivity index (χ4n) is 2.62. The van der Waals surface area contributed by atoms with Crippen LogP contribution in [0.5, 0.6) is 0 Å². The zero-order valence-corrected chi connectivity index (χ0v) is 15.4. The maximum absolute atomic E-state index is 12.2. The van der Waals surface area contributed by atoms with Gasteiger partial charge in [0.15, 0.2) is 0 Å². The summed E-state index contributed by atoms with van der Waals surface area (Å²) in [5.74, 6) is 4.52.